The Morgan fingerprint density at radius 2 is 1.59 bits per heavy atom. The van der Waals surface area contributed by atoms with Crippen molar-refractivity contribution < 1.29 is 9.32 Å². The molecule has 1 saturated heterocycles. The average molecular weight is 433 g/mol. The Morgan fingerprint density at radius 3 is 2.19 bits per heavy atom. The Hall–Kier alpha value is -3.15. The lowest BCUT2D eigenvalue weighted by Crippen LogP contribution is -2.41. The number of carbonyl (C=O) groups is 1. The minimum atomic E-state index is -0.0334. The molecule has 1 N–H and O–H groups in total. The Kier molecular flexibility index (Phi) is 6.58. The predicted molar refractivity (Wildman–Crippen MR) is 127 cm³/mol. The molecular weight excluding hydrogens is 400 g/mol. The summed E-state index contributed by atoms with van der Waals surface area (Å²) in [6.45, 7) is 9.98. The molecule has 32 heavy (non-hydrogen) atoms. The summed E-state index contributed by atoms with van der Waals surface area (Å²) in [4.78, 5) is 19.6. The normalized spacial score (nSPS) is 14.9. The largest absolute Gasteiger partial charge is 0.339 e. The Bertz CT molecular complexity index is 1020. The third-order valence-corrected chi connectivity index (χ3v) is 6.21. The van der Waals surface area contributed by atoms with Gasteiger partial charge in [0.1, 0.15) is 0 Å². The topological polar surface area (TPSA) is 71.3 Å². The van der Waals surface area contributed by atoms with Gasteiger partial charge in [-0.25, -0.2) is 4.79 Å². The lowest BCUT2D eigenvalue weighted by atomic mass is 9.92. The van der Waals surface area contributed by atoms with Crippen LogP contribution in [0.2, 0.25) is 0 Å². The van der Waals surface area contributed by atoms with Crippen molar-refractivity contribution in [3.8, 4) is 11.4 Å². The third-order valence-electron chi connectivity index (χ3n) is 6.21. The van der Waals surface area contributed by atoms with Gasteiger partial charge in [-0.1, -0.05) is 81.4 Å². The smallest absolute Gasteiger partial charge is 0.321 e. The van der Waals surface area contributed by atoms with E-state index in [0.717, 1.165) is 24.1 Å². The van der Waals surface area contributed by atoms with E-state index < -0.39 is 0 Å². The first-order valence-electron chi connectivity index (χ1n) is 11.5. The van der Waals surface area contributed by atoms with Gasteiger partial charge < -0.3 is 14.7 Å². The molecule has 168 valence electrons. The molecule has 0 spiro atoms. The second-order valence-electron chi connectivity index (χ2n) is 9.13. The van der Waals surface area contributed by atoms with Crippen molar-refractivity contribution in [3.05, 3.63) is 65.5 Å². The number of hydrogen-bond acceptors (Lipinski definition) is 4. The zero-order chi connectivity index (χ0) is 22.7. The monoisotopic (exact) mass is 432 g/mol. The van der Waals surface area contributed by atoms with Crippen LogP contribution in [0, 0.1) is 0 Å². The molecule has 0 aliphatic carbocycles. The lowest BCUT2D eigenvalue weighted by molar-refractivity contribution is 0.187. The lowest BCUT2D eigenvalue weighted by Gasteiger charge is -2.31. The highest BCUT2D eigenvalue weighted by atomic mass is 16.5. The number of benzene rings is 2. The highest BCUT2D eigenvalue weighted by Crippen LogP contribution is 2.33. The molecule has 0 radical (unpaired) electrons. The van der Waals surface area contributed by atoms with E-state index in [-0.39, 0.29) is 11.9 Å². The van der Waals surface area contributed by atoms with E-state index in [0.29, 0.717) is 36.6 Å². The van der Waals surface area contributed by atoms with Crippen LogP contribution in [0.4, 0.5) is 10.5 Å². The molecule has 0 bridgehead atoms. The molecule has 6 nitrogen and oxygen atoms in total. The van der Waals surface area contributed by atoms with E-state index in [2.05, 4.69) is 61.4 Å². The zero-order valence-electron chi connectivity index (χ0n) is 19.3. The number of piperidine rings is 1. The van der Waals surface area contributed by atoms with Gasteiger partial charge in [0.15, 0.2) is 0 Å². The van der Waals surface area contributed by atoms with E-state index in [1.165, 1.54) is 11.1 Å². The van der Waals surface area contributed by atoms with E-state index in [1.807, 2.05) is 35.2 Å². The molecule has 0 unspecified atom stereocenters. The van der Waals surface area contributed by atoms with Crippen LogP contribution in [0.25, 0.3) is 11.4 Å². The van der Waals surface area contributed by atoms with Crippen molar-refractivity contribution >= 4 is 11.7 Å². The number of amides is 2. The first kappa shape index (κ1) is 22.1. The second-order valence-corrected chi connectivity index (χ2v) is 9.13. The maximum Gasteiger partial charge on any atom is 0.321 e. The van der Waals surface area contributed by atoms with Gasteiger partial charge in [0.25, 0.3) is 0 Å². The number of likely N-dealkylation sites (tertiary alicyclic amines) is 1. The van der Waals surface area contributed by atoms with Gasteiger partial charge in [-0.2, -0.15) is 4.98 Å². The van der Waals surface area contributed by atoms with Crippen molar-refractivity contribution in [1.29, 1.82) is 0 Å². The maximum atomic E-state index is 13.1. The van der Waals surface area contributed by atoms with E-state index in [4.69, 9.17) is 4.52 Å². The Balaban J connectivity index is 1.41. The molecule has 4 rings (SSSR count). The minimum Gasteiger partial charge on any atom is -0.339 e. The Labute approximate surface area is 190 Å². The van der Waals surface area contributed by atoms with Gasteiger partial charge in [0, 0.05) is 30.3 Å². The molecule has 2 heterocycles. The maximum absolute atomic E-state index is 13.1. The van der Waals surface area contributed by atoms with E-state index in [1.54, 1.807) is 0 Å². The molecule has 6 heteroatoms. The van der Waals surface area contributed by atoms with Crippen LogP contribution in [-0.2, 0) is 0 Å². The molecular formula is C26H32N4O2. The summed E-state index contributed by atoms with van der Waals surface area (Å²) in [6, 6.07) is 16.1. The molecule has 1 aliphatic rings. The van der Waals surface area contributed by atoms with Crippen molar-refractivity contribution in [2.24, 2.45) is 0 Å². The fourth-order valence-corrected chi connectivity index (χ4v) is 4.32. The van der Waals surface area contributed by atoms with Crippen molar-refractivity contribution in [2.45, 2.75) is 58.3 Å². The van der Waals surface area contributed by atoms with Crippen LogP contribution >= 0.6 is 0 Å². The first-order chi connectivity index (χ1) is 15.4. The predicted octanol–water partition coefficient (Wildman–Crippen LogP) is 6.39. The number of aromatic nitrogens is 2. The molecule has 1 aromatic heterocycles. The number of urea groups is 1. The van der Waals surface area contributed by atoms with Gasteiger partial charge in [0.2, 0.25) is 11.7 Å². The van der Waals surface area contributed by atoms with Crippen LogP contribution in [0.15, 0.2) is 53.1 Å². The highest BCUT2D eigenvalue weighted by Gasteiger charge is 2.28. The number of rotatable bonds is 5. The van der Waals surface area contributed by atoms with Crippen molar-refractivity contribution in [2.75, 3.05) is 18.4 Å². The third kappa shape index (κ3) is 4.69. The molecule has 0 saturated carbocycles. The Morgan fingerprint density at radius 1 is 0.969 bits per heavy atom. The van der Waals surface area contributed by atoms with E-state index >= 15 is 0 Å². The van der Waals surface area contributed by atoms with Gasteiger partial charge in [-0.3, -0.25) is 0 Å². The molecule has 0 atom stereocenters. The summed E-state index contributed by atoms with van der Waals surface area (Å²) in [5, 5.41) is 7.37. The number of carbonyl (C=O) groups excluding carboxylic acids is 1. The van der Waals surface area contributed by atoms with Gasteiger partial charge in [0.05, 0.1) is 0 Å². The number of anilines is 1. The molecule has 1 fully saturated rings. The van der Waals surface area contributed by atoms with Crippen LogP contribution in [0.1, 0.15) is 75.3 Å². The van der Waals surface area contributed by atoms with Crippen LogP contribution < -0.4 is 5.32 Å². The summed E-state index contributed by atoms with van der Waals surface area (Å²) in [5.74, 6) is 2.14. The summed E-state index contributed by atoms with van der Waals surface area (Å²) in [6.07, 6.45) is 1.62. The molecule has 2 amide bonds. The van der Waals surface area contributed by atoms with Crippen LogP contribution in [-0.4, -0.2) is 34.2 Å². The molecule has 2 aromatic carbocycles. The van der Waals surface area contributed by atoms with Gasteiger partial charge >= 0.3 is 6.03 Å². The highest BCUT2D eigenvalue weighted by molar-refractivity contribution is 5.91. The number of hydrogen-bond donors (Lipinski definition) is 1. The summed E-state index contributed by atoms with van der Waals surface area (Å²) < 4.78 is 5.55. The number of nitrogens with zero attached hydrogens (tertiary/aromatic N) is 3. The summed E-state index contributed by atoms with van der Waals surface area (Å²) in [7, 11) is 0. The standard InChI is InChI=1S/C26H32N4O2/c1-17(2)21-11-8-12-22(18(3)4)23(21)27-26(31)30-15-13-20(14-16-30)25-28-24(29-32-25)19-9-6-5-7-10-19/h5-12,17-18,20H,13-16H2,1-4H3,(H,27,31). The molecule has 1 aliphatic heterocycles. The van der Waals surface area contributed by atoms with E-state index in [9.17, 15) is 4.79 Å². The second kappa shape index (κ2) is 9.55. The molecule has 3 aromatic rings. The minimum absolute atomic E-state index is 0.0334. The summed E-state index contributed by atoms with van der Waals surface area (Å²) in [5.41, 5.74) is 4.27. The fraction of sp³-hybridized carbons (Fsp3) is 0.423. The van der Waals surface area contributed by atoms with Crippen molar-refractivity contribution in [1.82, 2.24) is 15.0 Å². The zero-order valence-corrected chi connectivity index (χ0v) is 19.3. The SMILES string of the molecule is CC(C)c1cccc(C(C)C)c1NC(=O)N1CCC(c2nc(-c3ccccc3)no2)CC1. The van der Waals surface area contributed by atoms with Crippen molar-refractivity contribution in [3.63, 3.8) is 0 Å². The summed E-state index contributed by atoms with van der Waals surface area (Å²) >= 11 is 0. The quantitative estimate of drug-likeness (QED) is 0.507. The first-order valence-corrected chi connectivity index (χ1v) is 11.5. The van der Waals surface area contributed by atoms with Gasteiger partial charge in [-0.15, -0.1) is 0 Å². The van der Waals surface area contributed by atoms with Crippen LogP contribution in [0.5, 0.6) is 0 Å². The number of nitrogens with one attached hydrogen (secondary N) is 1. The fourth-order valence-electron chi connectivity index (χ4n) is 4.32. The van der Waals surface area contributed by atoms with Gasteiger partial charge in [-0.05, 0) is 35.8 Å². The van der Waals surface area contributed by atoms with Crippen LogP contribution in [0.3, 0.4) is 0 Å². The number of para-hydroxylation sites is 1. The average Bonchev–Trinajstić information content (AvgIpc) is 3.30.